The molecule has 0 radical (unpaired) electrons. The highest BCUT2D eigenvalue weighted by Crippen LogP contribution is 2.25. The minimum atomic E-state index is -0.804. The van der Waals surface area contributed by atoms with E-state index in [0.717, 1.165) is 10.0 Å². The molecule has 1 aliphatic rings. The number of hydrogen-bond acceptors (Lipinski definition) is 2. The number of hydrogen-bond donors (Lipinski definition) is 0. The van der Waals surface area contributed by atoms with Crippen LogP contribution < -0.4 is 0 Å². The monoisotopic (exact) mass is 338 g/mol. The molecule has 2 amide bonds. The lowest BCUT2D eigenvalue weighted by atomic mass is 9.96. The van der Waals surface area contributed by atoms with E-state index in [1.807, 2.05) is 19.1 Å². The number of aryl methyl sites for hydroxylation is 1. The second-order valence-corrected chi connectivity index (χ2v) is 6.56. The topological polar surface area (TPSA) is 40.6 Å². The molecule has 20 heavy (non-hydrogen) atoms. The molecule has 0 unspecified atom stereocenters. The van der Waals surface area contributed by atoms with Gasteiger partial charge in [0.1, 0.15) is 5.54 Å². The summed E-state index contributed by atoms with van der Waals surface area (Å²) in [6.45, 7) is 6.69. The second kappa shape index (κ2) is 5.20. The molecule has 1 fully saturated rings. The lowest BCUT2D eigenvalue weighted by Crippen LogP contribution is -2.63. The molecular weight excluding hydrogens is 320 g/mol. The maximum Gasteiger partial charge on any atom is 0.254 e. The van der Waals surface area contributed by atoms with Crippen LogP contribution in [0.5, 0.6) is 0 Å². The molecule has 4 nitrogen and oxygen atoms in total. The zero-order chi connectivity index (χ0) is 15.1. The van der Waals surface area contributed by atoms with Crippen molar-refractivity contribution in [3.05, 3.63) is 33.8 Å². The Balaban J connectivity index is 2.33. The van der Waals surface area contributed by atoms with Crippen LogP contribution in [0.25, 0.3) is 0 Å². The van der Waals surface area contributed by atoms with Crippen LogP contribution in [0.3, 0.4) is 0 Å². The zero-order valence-electron chi connectivity index (χ0n) is 12.2. The lowest BCUT2D eigenvalue weighted by molar-refractivity contribution is -0.144. The summed E-state index contributed by atoms with van der Waals surface area (Å²) in [5.41, 5.74) is 0.879. The van der Waals surface area contributed by atoms with E-state index in [1.54, 1.807) is 36.8 Å². The third-order valence-electron chi connectivity index (χ3n) is 3.87. The van der Waals surface area contributed by atoms with Gasteiger partial charge in [0.2, 0.25) is 5.91 Å². The Morgan fingerprint density at radius 1 is 1.30 bits per heavy atom. The number of piperazine rings is 1. The first-order valence-electron chi connectivity index (χ1n) is 6.59. The molecule has 0 bridgehead atoms. The van der Waals surface area contributed by atoms with Crippen LogP contribution >= 0.6 is 15.9 Å². The number of amides is 2. The maximum atomic E-state index is 12.7. The van der Waals surface area contributed by atoms with E-state index in [-0.39, 0.29) is 11.8 Å². The molecule has 1 aromatic rings. The highest BCUT2D eigenvalue weighted by molar-refractivity contribution is 9.10. The maximum absolute atomic E-state index is 12.7. The van der Waals surface area contributed by atoms with Gasteiger partial charge in [0.25, 0.3) is 5.91 Å². The summed E-state index contributed by atoms with van der Waals surface area (Å²) >= 11 is 3.44. The first kappa shape index (κ1) is 15.0. The number of carbonyl (C=O) groups excluding carboxylic acids is 2. The number of rotatable bonds is 1. The fourth-order valence-electron chi connectivity index (χ4n) is 2.45. The van der Waals surface area contributed by atoms with Gasteiger partial charge in [0, 0.05) is 30.2 Å². The summed E-state index contributed by atoms with van der Waals surface area (Å²) in [7, 11) is 1.77. The molecule has 1 aromatic carbocycles. The van der Waals surface area contributed by atoms with E-state index in [0.29, 0.717) is 18.7 Å². The molecule has 1 aliphatic heterocycles. The molecule has 108 valence electrons. The van der Waals surface area contributed by atoms with Gasteiger partial charge in [-0.3, -0.25) is 9.59 Å². The summed E-state index contributed by atoms with van der Waals surface area (Å²) in [4.78, 5) is 28.2. The average molecular weight is 339 g/mol. The predicted molar refractivity (Wildman–Crippen MR) is 81.6 cm³/mol. The number of nitrogens with zero attached hydrogens (tertiary/aromatic N) is 2. The fraction of sp³-hybridized carbons (Fsp3) is 0.467. The summed E-state index contributed by atoms with van der Waals surface area (Å²) < 4.78 is 0.904. The summed E-state index contributed by atoms with van der Waals surface area (Å²) in [5.74, 6) is -0.125. The number of benzene rings is 1. The highest BCUT2D eigenvalue weighted by Gasteiger charge is 2.43. The van der Waals surface area contributed by atoms with Gasteiger partial charge in [-0.15, -0.1) is 0 Å². The molecule has 0 atom stereocenters. The van der Waals surface area contributed by atoms with Crippen LogP contribution in [0.1, 0.15) is 29.8 Å². The van der Waals surface area contributed by atoms with Crippen molar-refractivity contribution >= 4 is 27.7 Å². The van der Waals surface area contributed by atoms with Crippen LogP contribution in [0, 0.1) is 6.92 Å². The fourth-order valence-corrected chi connectivity index (χ4v) is 2.83. The first-order chi connectivity index (χ1) is 9.25. The van der Waals surface area contributed by atoms with Crippen molar-refractivity contribution in [2.75, 3.05) is 20.1 Å². The van der Waals surface area contributed by atoms with Crippen LogP contribution in [0.2, 0.25) is 0 Å². The summed E-state index contributed by atoms with van der Waals surface area (Å²) in [6, 6.07) is 5.53. The first-order valence-corrected chi connectivity index (χ1v) is 7.38. The van der Waals surface area contributed by atoms with Gasteiger partial charge in [-0.1, -0.05) is 22.0 Å². The van der Waals surface area contributed by atoms with Gasteiger partial charge >= 0.3 is 0 Å². The molecule has 1 saturated heterocycles. The van der Waals surface area contributed by atoms with Gasteiger partial charge in [-0.05, 0) is 38.5 Å². The van der Waals surface area contributed by atoms with Crippen LogP contribution in [0.4, 0.5) is 0 Å². The minimum Gasteiger partial charge on any atom is -0.342 e. The minimum absolute atomic E-state index is 0.0247. The van der Waals surface area contributed by atoms with Gasteiger partial charge in [0.05, 0.1) is 0 Å². The largest absolute Gasteiger partial charge is 0.342 e. The molecule has 1 heterocycles. The van der Waals surface area contributed by atoms with Crippen molar-refractivity contribution in [3.8, 4) is 0 Å². The molecule has 5 heteroatoms. The molecule has 0 aromatic heterocycles. The Bertz CT molecular complexity index is 569. The van der Waals surface area contributed by atoms with Gasteiger partial charge < -0.3 is 9.80 Å². The van der Waals surface area contributed by atoms with Crippen molar-refractivity contribution in [2.24, 2.45) is 0 Å². The van der Waals surface area contributed by atoms with E-state index in [9.17, 15) is 9.59 Å². The third-order valence-corrected chi connectivity index (χ3v) is 4.72. The Morgan fingerprint density at radius 3 is 2.55 bits per heavy atom. The SMILES string of the molecule is Cc1ccc(C(=O)N2CCN(C)C(=O)C2(C)C)cc1Br. The molecule has 2 rings (SSSR count). The zero-order valence-corrected chi connectivity index (χ0v) is 13.8. The smallest absolute Gasteiger partial charge is 0.254 e. The lowest BCUT2D eigenvalue weighted by Gasteiger charge is -2.44. The Hall–Kier alpha value is -1.36. The Kier molecular flexibility index (Phi) is 3.91. The molecule has 0 aliphatic carbocycles. The Labute approximate surface area is 127 Å². The van der Waals surface area contributed by atoms with E-state index >= 15 is 0 Å². The van der Waals surface area contributed by atoms with Crippen LogP contribution in [-0.2, 0) is 4.79 Å². The van der Waals surface area contributed by atoms with Crippen molar-refractivity contribution in [2.45, 2.75) is 26.3 Å². The number of halogens is 1. The van der Waals surface area contributed by atoms with Crippen LogP contribution in [0.15, 0.2) is 22.7 Å². The molecule has 0 spiro atoms. The highest BCUT2D eigenvalue weighted by atomic mass is 79.9. The van der Waals surface area contributed by atoms with Gasteiger partial charge in [-0.2, -0.15) is 0 Å². The van der Waals surface area contributed by atoms with Gasteiger partial charge in [-0.25, -0.2) is 0 Å². The normalized spacial score (nSPS) is 18.4. The van der Waals surface area contributed by atoms with Gasteiger partial charge in [0.15, 0.2) is 0 Å². The standard InChI is InChI=1S/C15H19BrN2O2/c1-10-5-6-11(9-12(10)16)13(19)18-8-7-17(4)14(20)15(18,2)3/h5-6,9H,7-8H2,1-4H3. The number of likely N-dealkylation sites (N-methyl/N-ethyl adjacent to an activating group) is 1. The van der Waals surface area contributed by atoms with Crippen LogP contribution in [-0.4, -0.2) is 47.3 Å². The third kappa shape index (κ3) is 2.46. The average Bonchev–Trinajstić information content (AvgIpc) is 2.39. The summed E-state index contributed by atoms with van der Waals surface area (Å²) in [6.07, 6.45) is 0. The van der Waals surface area contributed by atoms with E-state index in [1.165, 1.54) is 0 Å². The van der Waals surface area contributed by atoms with E-state index < -0.39 is 5.54 Å². The summed E-state index contributed by atoms with van der Waals surface area (Å²) in [5, 5.41) is 0. The predicted octanol–water partition coefficient (Wildman–Crippen LogP) is 2.45. The second-order valence-electron chi connectivity index (χ2n) is 5.71. The van der Waals surface area contributed by atoms with E-state index in [2.05, 4.69) is 15.9 Å². The molecular formula is C15H19BrN2O2. The van der Waals surface area contributed by atoms with Crippen molar-refractivity contribution < 1.29 is 9.59 Å². The van der Waals surface area contributed by atoms with Crippen molar-refractivity contribution in [3.63, 3.8) is 0 Å². The Morgan fingerprint density at radius 2 is 1.95 bits per heavy atom. The van der Waals surface area contributed by atoms with Crippen molar-refractivity contribution in [1.29, 1.82) is 0 Å². The number of carbonyl (C=O) groups is 2. The van der Waals surface area contributed by atoms with Crippen molar-refractivity contribution in [1.82, 2.24) is 9.80 Å². The molecule has 0 saturated carbocycles. The molecule has 0 N–H and O–H groups in total. The van der Waals surface area contributed by atoms with E-state index in [4.69, 9.17) is 0 Å². The quantitative estimate of drug-likeness (QED) is 0.789.